The average Bonchev–Trinajstić information content (AvgIpc) is 2.42. The Bertz CT molecular complexity index is 497. The first-order valence-electron chi connectivity index (χ1n) is 6.99. The summed E-state index contributed by atoms with van der Waals surface area (Å²) in [5.74, 6) is -1.11. The number of benzene rings is 1. The maximum Gasteiger partial charge on any atom is 0.248 e. The lowest BCUT2D eigenvalue weighted by Gasteiger charge is -2.34. The van der Waals surface area contributed by atoms with E-state index in [4.69, 9.17) is 9.47 Å². The van der Waals surface area contributed by atoms with Gasteiger partial charge in [-0.3, -0.25) is 0 Å². The Kier molecular flexibility index (Phi) is 3.54. The summed E-state index contributed by atoms with van der Waals surface area (Å²) in [6, 6.07) is 3.90. The molecule has 1 N–H and O–H groups in total. The molecule has 0 spiro atoms. The standard InChI is InChI=1S/C15H19F2NO2/c1-19-14-12-4-5-18-8-11(12)2-3-13(14)20-9-10-6-15(16,17)7-10/h2-3,10,18H,4-9H2,1H3. The van der Waals surface area contributed by atoms with Crippen molar-refractivity contribution in [1.29, 1.82) is 0 Å². The molecule has 0 saturated heterocycles. The number of nitrogens with one attached hydrogen (secondary N) is 1. The van der Waals surface area contributed by atoms with Gasteiger partial charge in [-0.25, -0.2) is 8.78 Å². The third kappa shape index (κ3) is 2.59. The van der Waals surface area contributed by atoms with Crippen molar-refractivity contribution in [3.8, 4) is 11.5 Å². The number of methoxy groups -OCH3 is 1. The second kappa shape index (κ2) is 5.20. The predicted molar refractivity (Wildman–Crippen MR) is 71.6 cm³/mol. The quantitative estimate of drug-likeness (QED) is 0.921. The first kappa shape index (κ1) is 13.6. The van der Waals surface area contributed by atoms with Crippen LogP contribution in [0.3, 0.4) is 0 Å². The summed E-state index contributed by atoms with van der Waals surface area (Å²) in [5.41, 5.74) is 2.39. The maximum absolute atomic E-state index is 12.8. The summed E-state index contributed by atoms with van der Waals surface area (Å²) in [4.78, 5) is 0. The van der Waals surface area contributed by atoms with E-state index in [-0.39, 0.29) is 18.8 Å². The van der Waals surface area contributed by atoms with Crippen LogP contribution in [0.1, 0.15) is 24.0 Å². The molecule has 0 unspecified atom stereocenters. The highest BCUT2D eigenvalue weighted by Gasteiger charge is 2.45. The Labute approximate surface area is 117 Å². The molecular formula is C15H19F2NO2. The molecular weight excluding hydrogens is 264 g/mol. The second-order valence-corrected chi connectivity index (χ2v) is 5.60. The Hall–Kier alpha value is -1.36. The van der Waals surface area contributed by atoms with Crippen LogP contribution in [0.2, 0.25) is 0 Å². The first-order valence-corrected chi connectivity index (χ1v) is 6.99. The minimum atomic E-state index is -2.49. The molecule has 3 nitrogen and oxygen atoms in total. The summed E-state index contributed by atoms with van der Waals surface area (Å²) in [6.45, 7) is 2.09. The lowest BCUT2D eigenvalue weighted by molar-refractivity contribution is -0.119. The molecule has 5 heteroatoms. The molecule has 1 aromatic carbocycles. The Morgan fingerprint density at radius 2 is 2.15 bits per heavy atom. The molecule has 1 aliphatic heterocycles. The van der Waals surface area contributed by atoms with Crippen LogP contribution in [0.15, 0.2) is 12.1 Å². The van der Waals surface area contributed by atoms with E-state index in [1.165, 1.54) is 11.1 Å². The molecule has 20 heavy (non-hydrogen) atoms. The first-order chi connectivity index (χ1) is 9.59. The van der Waals surface area contributed by atoms with Crippen LogP contribution in [-0.2, 0) is 13.0 Å². The third-order valence-corrected chi connectivity index (χ3v) is 4.04. The summed E-state index contributed by atoms with van der Waals surface area (Å²) in [7, 11) is 1.63. The topological polar surface area (TPSA) is 30.5 Å². The molecule has 1 aromatic rings. The largest absolute Gasteiger partial charge is 0.493 e. The Morgan fingerprint density at radius 1 is 1.35 bits per heavy atom. The van der Waals surface area contributed by atoms with E-state index in [1.54, 1.807) is 7.11 Å². The van der Waals surface area contributed by atoms with Crippen molar-refractivity contribution < 1.29 is 18.3 Å². The molecule has 1 heterocycles. The van der Waals surface area contributed by atoms with Gasteiger partial charge in [0.05, 0.1) is 13.7 Å². The van der Waals surface area contributed by atoms with E-state index in [2.05, 4.69) is 5.32 Å². The van der Waals surface area contributed by atoms with Crippen LogP contribution in [0.25, 0.3) is 0 Å². The number of fused-ring (bicyclic) bond motifs is 1. The lowest BCUT2D eigenvalue weighted by Crippen LogP contribution is -2.38. The van der Waals surface area contributed by atoms with Crippen molar-refractivity contribution in [2.24, 2.45) is 5.92 Å². The van der Waals surface area contributed by atoms with Crippen molar-refractivity contribution in [3.63, 3.8) is 0 Å². The van der Waals surface area contributed by atoms with Gasteiger partial charge in [0.2, 0.25) is 5.92 Å². The van der Waals surface area contributed by atoms with Crippen LogP contribution in [0.5, 0.6) is 11.5 Å². The predicted octanol–water partition coefficient (Wildman–Crippen LogP) is 2.77. The third-order valence-electron chi connectivity index (χ3n) is 4.04. The van der Waals surface area contributed by atoms with E-state index >= 15 is 0 Å². The average molecular weight is 283 g/mol. The van der Waals surface area contributed by atoms with Gasteiger partial charge in [-0.1, -0.05) is 6.07 Å². The molecule has 0 aromatic heterocycles. The highest BCUT2D eigenvalue weighted by atomic mass is 19.3. The fourth-order valence-corrected chi connectivity index (χ4v) is 2.97. The van der Waals surface area contributed by atoms with Crippen molar-refractivity contribution in [1.82, 2.24) is 5.32 Å². The second-order valence-electron chi connectivity index (χ2n) is 5.60. The van der Waals surface area contributed by atoms with Gasteiger partial charge in [-0.05, 0) is 24.6 Å². The van der Waals surface area contributed by atoms with Crippen LogP contribution >= 0.6 is 0 Å². The smallest absolute Gasteiger partial charge is 0.248 e. The van der Waals surface area contributed by atoms with Gasteiger partial charge in [0.1, 0.15) is 0 Å². The monoisotopic (exact) mass is 283 g/mol. The van der Waals surface area contributed by atoms with Crippen molar-refractivity contribution in [2.45, 2.75) is 31.7 Å². The summed E-state index contributed by atoms with van der Waals surface area (Å²) in [5, 5.41) is 3.31. The van der Waals surface area contributed by atoms with Gasteiger partial charge >= 0.3 is 0 Å². The molecule has 0 radical (unpaired) electrons. The van der Waals surface area contributed by atoms with Crippen LogP contribution in [-0.4, -0.2) is 26.2 Å². The van der Waals surface area contributed by atoms with E-state index in [9.17, 15) is 8.78 Å². The zero-order chi connectivity index (χ0) is 14.2. The molecule has 0 atom stereocenters. The summed E-state index contributed by atoms with van der Waals surface area (Å²) >= 11 is 0. The minimum Gasteiger partial charge on any atom is -0.493 e. The van der Waals surface area contributed by atoms with Gasteiger partial charge < -0.3 is 14.8 Å². The van der Waals surface area contributed by atoms with E-state index < -0.39 is 5.92 Å². The van der Waals surface area contributed by atoms with Gasteiger partial charge in [0.25, 0.3) is 0 Å². The zero-order valence-corrected chi connectivity index (χ0v) is 11.5. The van der Waals surface area contributed by atoms with Gasteiger partial charge in [-0.15, -0.1) is 0 Å². The molecule has 2 aliphatic rings. The fraction of sp³-hybridized carbons (Fsp3) is 0.600. The highest BCUT2D eigenvalue weighted by Crippen LogP contribution is 2.43. The van der Waals surface area contributed by atoms with Gasteiger partial charge in [0, 0.05) is 30.9 Å². The van der Waals surface area contributed by atoms with E-state index in [0.717, 1.165) is 25.3 Å². The number of halogens is 2. The Morgan fingerprint density at radius 3 is 2.85 bits per heavy atom. The summed E-state index contributed by atoms with van der Waals surface area (Å²) in [6.07, 6.45) is 0.769. The minimum absolute atomic E-state index is 0.0487. The number of alkyl halides is 2. The SMILES string of the molecule is COc1c(OCC2CC(F)(F)C2)ccc2c1CCNC2. The lowest BCUT2D eigenvalue weighted by atomic mass is 9.82. The van der Waals surface area contributed by atoms with Crippen molar-refractivity contribution >= 4 is 0 Å². The number of hydrogen-bond acceptors (Lipinski definition) is 3. The van der Waals surface area contributed by atoms with Crippen LogP contribution in [0.4, 0.5) is 8.78 Å². The maximum atomic E-state index is 12.8. The summed E-state index contributed by atoms with van der Waals surface area (Å²) < 4.78 is 36.8. The molecule has 3 rings (SSSR count). The number of rotatable bonds is 4. The molecule has 0 amide bonds. The zero-order valence-electron chi connectivity index (χ0n) is 11.5. The van der Waals surface area contributed by atoms with Crippen LogP contribution in [0, 0.1) is 5.92 Å². The molecule has 0 bridgehead atoms. The molecule has 110 valence electrons. The Balaban J connectivity index is 1.70. The highest BCUT2D eigenvalue weighted by molar-refractivity contribution is 5.51. The fourth-order valence-electron chi connectivity index (χ4n) is 2.97. The number of hydrogen-bond donors (Lipinski definition) is 1. The molecule has 1 aliphatic carbocycles. The van der Waals surface area contributed by atoms with Gasteiger partial charge in [0.15, 0.2) is 11.5 Å². The van der Waals surface area contributed by atoms with E-state index in [0.29, 0.717) is 12.4 Å². The van der Waals surface area contributed by atoms with Crippen molar-refractivity contribution in [3.05, 3.63) is 23.3 Å². The van der Waals surface area contributed by atoms with E-state index in [1.807, 2.05) is 12.1 Å². The molecule has 1 fully saturated rings. The molecule has 1 saturated carbocycles. The number of ether oxygens (including phenoxy) is 2. The van der Waals surface area contributed by atoms with Gasteiger partial charge in [-0.2, -0.15) is 0 Å². The normalized spacial score (nSPS) is 20.9. The van der Waals surface area contributed by atoms with Crippen molar-refractivity contribution in [2.75, 3.05) is 20.3 Å². The van der Waals surface area contributed by atoms with Crippen LogP contribution < -0.4 is 14.8 Å².